The first kappa shape index (κ1) is 27.2. The van der Waals surface area contributed by atoms with E-state index in [-0.39, 0.29) is 24.6 Å². The topological polar surface area (TPSA) is 117 Å². The Hall–Kier alpha value is -4.38. The zero-order valence-corrected chi connectivity index (χ0v) is 22.8. The summed E-state index contributed by atoms with van der Waals surface area (Å²) < 4.78 is 12.4. The largest absolute Gasteiger partial charge is 0.491 e. The summed E-state index contributed by atoms with van der Waals surface area (Å²) in [5.74, 6) is 3.39. The zero-order valence-electron chi connectivity index (χ0n) is 22.8. The Morgan fingerprint density at radius 1 is 1.15 bits per heavy atom. The molecule has 1 saturated heterocycles. The van der Waals surface area contributed by atoms with Crippen LogP contribution in [0.2, 0.25) is 0 Å². The molecule has 2 aliphatic rings. The van der Waals surface area contributed by atoms with Crippen molar-refractivity contribution in [2.75, 3.05) is 31.6 Å². The third-order valence-electron chi connectivity index (χ3n) is 7.49. The van der Waals surface area contributed by atoms with Crippen molar-refractivity contribution in [3.05, 3.63) is 59.3 Å². The highest BCUT2D eigenvalue weighted by Crippen LogP contribution is 2.36. The maximum absolute atomic E-state index is 12.2. The van der Waals surface area contributed by atoms with Gasteiger partial charge in [0.2, 0.25) is 0 Å². The minimum Gasteiger partial charge on any atom is -0.491 e. The molecule has 206 valence electrons. The van der Waals surface area contributed by atoms with Crippen LogP contribution in [-0.2, 0) is 4.79 Å². The van der Waals surface area contributed by atoms with E-state index in [0.29, 0.717) is 33.7 Å². The van der Waals surface area contributed by atoms with E-state index in [1.807, 2.05) is 31.9 Å². The second-order valence-corrected chi connectivity index (χ2v) is 10.5. The molecule has 2 aromatic carbocycles. The highest BCUT2D eigenvalue weighted by molar-refractivity contribution is 5.91. The fourth-order valence-corrected chi connectivity index (χ4v) is 4.92. The molecule has 1 aliphatic heterocycles. The van der Waals surface area contributed by atoms with Gasteiger partial charge in [0.1, 0.15) is 29.3 Å². The number of nitrogens with zero attached hydrogens (tertiary/aromatic N) is 3. The van der Waals surface area contributed by atoms with E-state index in [9.17, 15) is 14.9 Å². The number of pyridine rings is 1. The lowest BCUT2D eigenvalue weighted by atomic mass is 10.1. The molecule has 0 bridgehead atoms. The highest BCUT2D eigenvalue weighted by Gasteiger charge is 2.24. The smallest absolute Gasteiger partial charge is 0.319 e. The number of nitrogens with one attached hydrogen (secondary N) is 2. The SMILES string of the molecule is Cc1c(NC(=O)NC2CC2)ccc(Oc2ccnc3cc(OC[C@H](C=C=O)CN4CCCC4)c(C#N)cc23)c1C. The Bertz CT molecular complexity index is 1500. The zero-order chi connectivity index (χ0) is 28.1. The Morgan fingerprint density at radius 2 is 1.95 bits per heavy atom. The van der Waals surface area contributed by atoms with Crippen molar-refractivity contribution >= 4 is 28.6 Å². The molecule has 2 fully saturated rings. The van der Waals surface area contributed by atoms with Gasteiger partial charge in [-0.3, -0.25) is 4.98 Å². The van der Waals surface area contributed by atoms with Crippen molar-refractivity contribution in [3.63, 3.8) is 0 Å². The number of benzene rings is 2. The molecular weight excluding hydrogens is 506 g/mol. The molecule has 1 atom stereocenters. The van der Waals surface area contributed by atoms with Crippen LogP contribution in [0.15, 0.2) is 42.6 Å². The number of nitriles is 1. The summed E-state index contributed by atoms with van der Waals surface area (Å²) in [6.45, 7) is 6.90. The molecule has 2 heterocycles. The maximum Gasteiger partial charge on any atom is 0.319 e. The molecule has 2 N–H and O–H groups in total. The van der Waals surface area contributed by atoms with Gasteiger partial charge in [-0.25, -0.2) is 9.59 Å². The van der Waals surface area contributed by atoms with Crippen molar-refractivity contribution in [1.82, 2.24) is 15.2 Å². The first-order valence-corrected chi connectivity index (χ1v) is 13.7. The van der Waals surface area contributed by atoms with E-state index in [4.69, 9.17) is 9.47 Å². The maximum atomic E-state index is 12.2. The van der Waals surface area contributed by atoms with Crippen molar-refractivity contribution in [3.8, 4) is 23.3 Å². The summed E-state index contributed by atoms with van der Waals surface area (Å²) >= 11 is 0. The predicted molar refractivity (Wildman–Crippen MR) is 153 cm³/mol. The molecule has 0 radical (unpaired) electrons. The minimum atomic E-state index is -0.203. The molecule has 2 amide bonds. The highest BCUT2D eigenvalue weighted by atomic mass is 16.5. The van der Waals surface area contributed by atoms with Gasteiger partial charge in [-0.15, -0.1) is 0 Å². The van der Waals surface area contributed by atoms with Crippen LogP contribution in [-0.4, -0.2) is 54.1 Å². The van der Waals surface area contributed by atoms with Gasteiger partial charge in [-0.05, 0) is 88.0 Å². The van der Waals surface area contributed by atoms with Crippen LogP contribution in [0.25, 0.3) is 10.9 Å². The second-order valence-electron chi connectivity index (χ2n) is 10.5. The summed E-state index contributed by atoms with van der Waals surface area (Å²) in [6, 6.07) is 11.2. The van der Waals surface area contributed by atoms with Crippen LogP contribution in [0.3, 0.4) is 0 Å². The number of fused-ring (bicyclic) bond motifs is 1. The fourth-order valence-electron chi connectivity index (χ4n) is 4.92. The summed E-state index contributed by atoms with van der Waals surface area (Å²) in [4.78, 5) is 30.1. The Kier molecular flexibility index (Phi) is 8.30. The molecule has 9 heteroatoms. The van der Waals surface area contributed by atoms with Crippen LogP contribution in [0.1, 0.15) is 42.4 Å². The first-order chi connectivity index (χ1) is 19.4. The molecule has 0 spiro atoms. The van der Waals surface area contributed by atoms with Crippen molar-refractivity contribution in [1.29, 1.82) is 5.26 Å². The second kappa shape index (κ2) is 12.2. The third-order valence-corrected chi connectivity index (χ3v) is 7.49. The quantitative estimate of drug-likeness (QED) is 0.337. The fraction of sp³-hybridized carbons (Fsp3) is 0.387. The number of carbonyl (C=O) groups excluding carboxylic acids is 2. The van der Waals surface area contributed by atoms with Gasteiger partial charge in [0.15, 0.2) is 0 Å². The summed E-state index contributed by atoms with van der Waals surface area (Å²) in [5.41, 5.74) is 3.50. The Balaban J connectivity index is 1.34. The van der Waals surface area contributed by atoms with E-state index in [0.717, 1.165) is 62.1 Å². The lowest BCUT2D eigenvalue weighted by molar-refractivity contribution is 0.222. The average Bonchev–Trinajstić information content (AvgIpc) is 3.61. The molecule has 1 aromatic heterocycles. The average molecular weight is 540 g/mol. The first-order valence-electron chi connectivity index (χ1n) is 13.7. The molecule has 9 nitrogen and oxygen atoms in total. The molecule has 1 aliphatic carbocycles. The van der Waals surface area contributed by atoms with Crippen molar-refractivity contribution < 1.29 is 19.1 Å². The lowest BCUT2D eigenvalue weighted by Crippen LogP contribution is -2.30. The molecule has 3 aromatic rings. The van der Waals surface area contributed by atoms with Crippen molar-refractivity contribution in [2.45, 2.75) is 45.6 Å². The molecule has 5 rings (SSSR count). The van der Waals surface area contributed by atoms with Gasteiger partial charge in [0.25, 0.3) is 0 Å². The van der Waals surface area contributed by atoms with Gasteiger partial charge in [-0.2, -0.15) is 5.26 Å². The summed E-state index contributed by atoms with van der Waals surface area (Å²) in [5, 5.41) is 16.4. The van der Waals surface area contributed by atoms with Gasteiger partial charge >= 0.3 is 6.03 Å². The molecular formula is C31H33N5O4. The van der Waals surface area contributed by atoms with E-state index in [1.54, 1.807) is 24.4 Å². The normalized spacial score (nSPS) is 15.6. The van der Waals surface area contributed by atoms with E-state index in [1.165, 1.54) is 6.08 Å². The number of urea groups is 1. The number of ether oxygens (including phenoxy) is 2. The molecule has 40 heavy (non-hydrogen) atoms. The number of aromatic nitrogens is 1. The van der Waals surface area contributed by atoms with Crippen LogP contribution < -0.4 is 20.1 Å². The number of rotatable bonds is 10. The number of amides is 2. The monoisotopic (exact) mass is 539 g/mol. The van der Waals surface area contributed by atoms with Gasteiger partial charge < -0.3 is 25.0 Å². The van der Waals surface area contributed by atoms with E-state index in [2.05, 4.69) is 26.6 Å². The van der Waals surface area contributed by atoms with E-state index < -0.39 is 0 Å². The molecule has 1 saturated carbocycles. The van der Waals surface area contributed by atoms with E-state index >= 15 is 0 Å². The Labute approximate surface area is 233 Å². The predicted octanol–water partition coefficient (Wildman–Crippen LogP) is 5.28. The lowest BCUT2D eigenvalue weighted by Gasteiger charge is -2.21. The third kappa shape index (κ3) is 6.42. The van der Waals surface area contributed by atoms with Crippen molar-refractivity contribution in [2.24, 2.45) is 5.92 Å². The number of hydrogen-bond donors (Lipinski definition) is 2. The number of carbonyl (C=O) groups is 1. The van der Waals surface area contributed by atoms with Gasteiger partial charge in [0, 0.05) is 47.9 Å². The van der Waals surface area contributed by atoms with Gasteiger partial charge in [-0.1, -0.05) is 0 Å². The number of hydrogen-bond acceptors (Lipinski definition) is 7. The van der Waals surface area contributed by atoms with Crippen LogP contribution in [0, 0.1) is 31.1 Å². The Morgan fingerprint density at radius 3 is 2.67 bits per heavy atom. The minimum absolute atomic E-state index is 0.121. The van der Waals surface area contributed by atoms with Crippen LogP contribution >= 0.6 is 0 Å². The standard InChI is InChI=1S/C31H33N5O4/c1-20-21(2)28(8-7-26(20)35-31(38)34-24-5-6-24)40-29-9-11-33-27-16-30(23(17-32)15-25(27)29)39-19-22(10-14-37)18-36-12-3-4-13-36/h7-11,15-16,22,24H,3-6,12-13,18-19H2,1-2H3,(H2,34,35,38)/t22-/m1/s1. The summed E-state index contributed by atoms with van der Waals surface area (Å²) in [6.07, 6.45) is 7.52. The van der Waals surface area contributed by atoms with Crippen LogP contribution in [0.4, 0.5) is 10.5 Å². The molecule has 0 unspecified atom stereocenters. The van der Waals surface area contributed by atoms with Crippen LogP contribution in [0.5, 0.6) is 17.2 Å². The number of anilines is 1. The van der Waals surface area contributed by atoms with Gasteiger partial charge in [0.05, 0.1) is 17.7 Å². The number of likely N-dealkylation sites (tertiary alicyclic amines) is 1. The summed E-state index contributed by atoms with van der Waals surface area (Å²) in [7, 11) is 0.